The third kappa shape index (κ3) is 2.55. The van der Waals surface area contributed by atoms with Crippen LogP contribution in [0.2, 0.25) is 0 Å². The van der Waals surface area contributed by atoms with E-state index < -0.39 is 0 Å². The zero-order chi connectivity index (χ0) is 12.3. The number of pyridine rings is 1. The Kier molecular flexibility index (Phi) is 3.58. The van der Waals surface area contributed by atoms with E-state index in [0.717, 1.165) is 12.8 Å². The molecule has 1 amide bonds. The number of aromatic nitrogens is 1. The molecule has 2 heterocycles. The number of ether oxygens (including phenoxy) is 1. The van der Waals surface area contributed by atoms with Gasteiger partial charge in [0, 0.05) is 32.5 Å². The minimum atomic E-state index is -0.241. The molecule has 1 aliphatic rings. The van der Waals surface area contributed by atoms with E-state index in [1.807, 2.05) is 0 Å². The minimum absolute atomic E-state index is 0.0728. The van der Waals surface area contributed by atoms with Crippen LogP contribution in [0.1, 0.15) is 23.3 Å². The molecule has 92 valence electrons. The number of hydrogen-bond donors (Lipinski definition) is 1. The second-order valence-corrected chi connectivity index (χ2v) is 4.13. The zero-order valence-electron chi connectivity index (χ0n) is 9.80. The zero-order valence-corrected chi connectivity index (χ0v) is 9.80. The summed E-state index contributed by atoms with van der Waals surface area (Å²) in [7, 11) is 1.74. The summed E-state index contributed by atoms with van der Waals surface area (Å²) in [5.74, 6) is -0.314. The van der Waals surface area contributed by atoms with E-state index in [-0.39, 0.29) is 23.4 Å². The van der Waals surface area contributed by atoms with Crippen molar-refractivity contribution in [3.05, 3.63) is 24.0 Å². The van der Waals surface area contributed by atoms with E-state index in [2.05, 4.69) is 4.98 Å². The van der Waals surface area contributed by atoms with Crippen LogP contribution in [0.15, 0.2) is 18.3 Å². The number of carbonyl (C=O) groups excluding carboxylic acids is 1. The summed E-state index contributed by atoms with van der Waals surface area (Å²) in [6.45, 7) is 1.35. The summed E-state index contributed by atoms with van der Waals surface area (Å²) >= 11 is 0. The molecule has 0 aliphatic carbocycles. The third-order valence-corrected chi connectivity index (χ3v) is 3.05. The molecule has 1 N–H and O–H groups in total. The molecule has 0 bridgehead atoms. The van der Waals surface area contributed by atoms with E-state index in [4.69, 9.17) is 4.74 Å². The summed E-state index contributed by atoms with van der Waals surface area (Å²) in [6.07, 6.45) is 3.16. The van der Waals surface area contributed by atoms with Crippen LogP contribution in [0.3, 0.4) is 0 Å². The molecule has 0 saturated carbocycles. The summed E-state index contributed by atoms with van der Waals surface area (Å²) in [5, 5.41) is 9.59. The Labute approximate surface area is 100 Å². The molecule has 1 aliphatic heterocycles. The van der Waals surface area contributed by atoms with E-state index in [0.29, 0.717) is 13.2 Å². The Morgan fingerprint density at radius 1 is 1.53 bits per heavy atom. The molecule has 1 saturated heterocycles. The molecule has 1 aromatic heterocycles. The van der Waals surface area contributed by atoms with E-state index in [9.17, 15) is 9.90 Å². The Morgan fingerprint density at radius 2 is 2.24 bits per heavy atom. The van der Waals surface area contributed by atoms with Crippen LogP contribution in [-0.4, -0.2) is 47.2 Å². The molecule has 1 fully saturated rings. The summed E-state index contributed by atoms with van der Waals surface area (Å²) in [4.78, 5) is 17.7. The molecular weight excluding hydrogens is 220 g/mol. The standard InChI is InChI=1S/C12H16N2O3/c1-14(9-4-7-17-8-5-9)12(16)11-10(15)3-2-6-13-11/h2-3,6,9,15H,4-5,7-8H2,1H3. The molecule has 17 heavy (non-hydrogen) atoms. The lowest BCUT2D eigenvalue weighted by Gasteiger charge is -2.31. The summed E-state index contributed by atoms with van der Waals surface area (Å²) < 4.78 is 5.26. The maximum absolute atomic E-state index is 12.1. The Morgan fingerprint density at radius 3 is 2.88 bits per heavy atom. The predicted octanol–water partition coefficient (Wildman–Crippen LogP) is 1.04. The lowest BCUT2D eigenvalue weighted by Crippen LogP contribution is -2.40. The summed E-state index contributed by atoms with van der Waals surface area (Å²) in [5.41, 5.74) is 0.112. The topological polar surface area (TPSA) is 62.7 Å². The quantitative estimate of drug-likeness (QED) is 0.833. The van der Waals surface area contributed by atoms with Crippen LogP contribution in [-0.2, 0) is 4.74 Å². The van der Waals surface area contributed by atoms with Gasteiger partial charge in [-0.05, 0) is 25.0 Å². The van der Waals surface area contributed by atoms with Crippen molar-refractivity contribution in [1.82, 2.24) is 9.88 Å². The number of rotatable bonds is 2. The molecule has 0 aromatic carbocycles. The predicted molar refractivity (Wildman–Crippen MR) is 61.8 cm³/mol. The second-order valence-electron chi connectivity index (χ2n) is 4.13. The van der Waals surface area contributed by atoms with Gasteiger partial charge >= 0.3 is 0 Å². The van der Waals surface area contributed by atoms with Gasteiger partial charge in [-0.15, -0.1) is 0 Å². The average Bonchev–Trinajstić information content (AvgIpc) is 2.39. The van der Waals surface area contributed by atoms with Crippen LogP contribution in [0.25, 0.3) is 0 Å². The highest BCUT2D eigenvalue weighted by atomic mass is 16.5. The highest BCUT2D eigenvalue weighted by molar-refractivity contribution is 5.94. The van der Waals surface area contributed by atoms with Gasteiger partial charge in [-0.3, -0.25) is 4.79 Å². The number of carbonyl (C=O) groups is 1. The monoisotopic (exact) mass is 236 g/mol. The molecule has 0 unspecified atom stereocenters. The molecule has 0 radical (unpaired) electrons. The van der Waals surface area contributed by atoms with Gasteiger partial charge in [-0.25, -0.2) is 4.98 Å². The van der Waals surface area contributed by atoms with E-state index in [1.165, 1.54) is 12.3 Å². The number of hydrogen-bond acceptors (Lipinski definition) is 4. The van der Waals surface area contributed by atoms with Crippen LogP contribution >= 0.6 is 0 Å². The van der Waals surface area contributed by atoms with E-state index in [1.54, 1.807) is 18.0 Å². The molecule has 5 nitrogen and oxygen atoms in total. The highest BCUT2D eigenvalue weighted by Crippen LogP contribution is 2.19. The lowest BCUT2D eigenvalue weighted by molar-refractivity contribution is 0.0357. The Bertz CT molecular complexity index is 402. The molecule has 1 aromatic rings. The van der Waals surface area contributed by atoms with Gasteiger partial charge in [0.05, 0.1) is 0 Å². The van der Waals surface area contributed by atoms with Crippen molar-refractivity contribution in [2.45, 2.75) is 18.9 Å². The largest absolute Gasteiger partial charge is 0.505 e. The van der Waals surface area contributed by atoms with Crippen LogP contribution in [0, 0.1) is 0 Å². The van der Waals surface area contributed by atoms with Gasteiger partial charge in [-0.1, -0.05) is 0 Å². The van der Waals surface area contributed by atoms with Crippen molar-refractivity contribution in [3.8, 4) is 5.75 Å². The SMILES string of the molecule is CN(C(=O)c1ncccc1O)C1CCOCC1. The van der Waals surface area contributed by atoms with Crippen molar-refractivity contribution in [2.75, 3.05) is 20.3 Å². The fraction of sp³-hybridized carbons (Fsp3) is 0.500. The molecular formula is C12H16N2O3. The first-order chi connectivity index (χ1) is 8.20. The third-order valence-electron chi connectivity index (χ3n) is 3.05. The normalized spacial score (nSPS) is 16.8. The van der Waals surface area contributed by atoms with Gasteiger partial charge < -0.3 is 14.7 Å². The maximum Gasteiger partial charge on any atom is 0.276 e. The van der Waals surface area contributed by atoms with Crippen molar-refractivity contribution >= 4 is 5.91 Å². The van der Waals surface area contributed by atoms with Crippen LogP contribution < -0.4 is 0 Å². The van der Waals surface area contributed by atoms with Crippen LogP contribution in [0.4, 0.5) is 0 Å². The lowest BCUT2D eigenvalue weighted by atomic mass is 10.1. The van der Waals surface area contributed by atoms with Gasteiger partial charge in [0.25, 0.3) is 5.91 Å². The van der Waals surface area contributed by atoms with Gasteiger partial charge in [-0.2, -0.15) is 0 Å². The number of amides is 1. The molecule has 0 atom stereocenters. The van der Waals surface area contributed by atoms with Crippen molar-refractivity contribution in [2.24, 2.45) is 0 Å². The van der Waals surface area contributed by atoms with Crippen molar-refractivity contribution in [1.29, 1.82) is 0 Å². The molecule has 2 rings (SSSR count). The van der Waals surface area contributed by atoms with Crippen molar-refractivity contribution < 1.29 is 14.6 Å². The smallest absolute Gasteiger partial charge is 0.276 e. The number of aromatic hydroxyl groups is 1. The van der Waals surface area contributed by atoms with Crippen molar-refractivity contribution in [3.63, 3.8) is 0 Å². The van der Waals surface area contributed by atoms with Crippen LogP contribution in [0.5, 0.6) is 5.75 Å². The van der Waals surface area contributed by atoms with Gasteiger partial charge in [0.1, 0.15) is 5.75 Å². The molecule has 5 heteroatoms. The Balaban J connectivity index is 2.11. The molecule has 0 spiro atoms. The first-order valence-corrected chi connectivity index (χ1v) is 5.69. The Hall–Kier alpha value is -1.62. The van der Waals surface area contributed by atoms with Gasteiger partial charge in [0.15, 0.2) is 5.69 Å². The number of nitrogens with zero attached hydrogens (tertiary/aromatic N) is 2. The highest BCUT2D eigenvalue weighted by Gasteiger charge is 2.25. The minimum Gasteiger partial charge on any atom is -0.505 e. The fourth-order valence-electron chi connectivity index (χ4n) is 1.97. The first kappa shape index (κ1) is 11.9. The van der Waals surface area contributed by atoms with E-state index >= 15 is 0 Å². The van der Waals surface area contributed by atoms with Gasteiger partial charge in [0.2, 0.25) is 0 Å². The fourth-order valence-corrected chi connectivity index (χ4v) is 1.97. The summed E-state index contributed by atoms with van der Waals surface area (Å²) in [6, 6.07) is 3.23. The maximum atomic E-state index is 12.1. The average molecular weight is 236 g/mol. The second kappa shape index (κ2) is 5.14. The first-order valence-electron chi connectivity index (χ1n) is 5.69.